The summed E-state index contributed by atoms with van der Waals surface area (Å²) in [7, 11) is 0. The van der Waals surface area contributed by atoms with Gasteiger partial charge in [-0.05, 0) is 13.0 Å². The van der Waals surface area contributed by atoms with E-state index in [1.54, 1.807) is 6.92 Å². The van der Waals surface area contributed by atoms with Gasteiger partial charge in [-0.3, -0.25) is 0 Å². The first-order chi connectivity index (χ1) is 6.56. The van der Waals surface area contributed by atoms with E-state index in [0.717, 1.165) is 0 Å². The summed E-state index contributed by atoms with van der Waals surface area (Å²) < 4.78 is 4.72. The highest BCUT2D eigenvalue weighted by Gasteiger charge is 2.16. The van der Waals surface area contributed by atoms with Crippen molar-refractivity contribution in [2.45, 2.75) is 6.92 Å². The molecule has 0 bridgehead atoms. The van der Waals surface area contributed by atoms with Gasteiger partial charge in [-0.1, -0.05) is 23.2 Å². The van der Waals surface area contributed by atoms with Gasteiger partial charge in [0.15, 0.2) is 5.69 Å². The van der Waals surface area contributed by atoms with E-state index in [-0.39, 0.29) is 28.2 Å². The summed E-state index contributed by atoms with van der Waals surface area (Å²) in [5.41, 5.74) is 5.56. The fourth-order valence-corrected chi connectivity index (χ4v) is 1.29. The molecule has 0 aliphatic carbocycles. The molecule has 76 valence electrons. The van der Waals surface area contributed by atoms with Crippen molar-refractivity contribution in [1.82, 2.24) is 4.98 Å². The monoisotopic (exact) mass is 234 g/mol. The Morgan fingerprint density at radius 1 is 1.64 bits per heavy atom. The maximum Gasteiger partial charge on any atom is 0.359 e. The minimum atomic E-state index is -0.630. The third-order valence-corrected chi connectivity index (χ3v) is 1.95. The average Bonchev–Trinajstić information content (AvgIpc) is 2.11. The molecule has 1 aromatic rings. The number of pyridine rings is 1. The highest BCUT2D eigenvalue weighted by molar-refractivity contribution is 6.36. The molecule has 4 nitrogen and oxygen atoms in total. The first kappa shape index (κ1) is 11.1. The molecule has 0 radical (unpaired) electrons. The molecule has 0 fully saturated rings. The normalized spacial score (nSPS) is 9.93. The lowest BCUT2D eigenvalue weighted by atomic mass is 10.3. The van der Waals surface area contributed by atoms with Crippen LogP contribution >= 0.6 is 23.2 Å². The van der Waals surface area contributed by atoms with Crippen LogP contribution in [-0.4, -0.2) is 17.6 Å². The predicted molar refractivity (Wildman–Crippen MR) is 54.6 cm³/mol. The van der Waals surface area contributed by atoms with Crippen LogP contribution in [0.2, 0.25) is 10.2 Å². The van der Waals surface area contributed by atoms with Crippen LogP contribution in [0.4, 0.5) is 5.69 Å². The molecular formula is C8H8Cl2N2O2. The Labute approximate surface area is 91.0 Å². The van der Waals surface area contributed by atoms with E-state index in [2.05, 4.69) is 4.98 Å². The van der Waals surface area contributed by atoms with Gasteiger partial charge in [-0.25, -0.2) is 9.78 Å². The molecule has 1 rings (SSSR count). The molecule has 1 heterocycles. The summed E-state index contributed by atoms with van der Waals surface area (Å²) in [6.07, 6.45) is 0. The van der Waals surface area contributed by atoms with Crippen molar-refractivity contribution < 1.29 is 9.53 Å². The van der Waals surface area contributed by atoms with Crippen LogP contribution in [0.3, 0.4) is 0 Å². The van der Waals surface area contributed by atoms with Gasteiger partial charge >= 0.3 is 5.97 Å². The van der Waals surface area contributed by atoms with Crippen molar-refractivity contribution in [3.63, 3.8) is 0 Å². The highest BCUT2D eigenvalue weighted by Crippen LogP contribution is 2.25. The standard InChI is InChI=1S/C8H8Cl2N2O2/c1-2-14-8(13)7-6(11)4(9)3-5(10)12-7/h3H,2,11H2,1H3. The summed E-state index contributed by atoms with van der Waals surface area (Å²) >= 11 is 11.3. The Morgan fingerprint density at radius 3 is 2.86 bits per heavy atom. The molecular weight excluding hydrogens is 227 g/mol. The smallest absolute Gasteiger partial charge is 0.359 e. The first-order valence-electron chi connectivity index (χ1n) is 3.85. The van der Waals surface area contributed by atoms with Crippen LogP contribution in [0.5, 0.6) is 0 Å². The molecule has 2 N–H and O–H groups in total. The number of rotatable bonds is 2. The summed E-state index contributed by atoms with van der Waals surface area (Å²) in [5, 5.41) is 0.292. The van der Waals surface area contributed by atoms with Crippen molar-refractivity contribution >= 4 is 34.9 Å². The summed E-state index contributed by atoms with van der Waals surface area (Å²) in [5.74, 6) is -0.630. The van der Waals surface area contributed by atoms with Crippen LogP contribution in [0.25, 0.3) is 0 Å². The highest BCUT2D eigenvalue weighted by atomic mass is 35.5. The van der Waals surface area contributed by atoms with Gasteiger partial charge < -0.3 is 10.5 Å². The lowest BCUT2D eigenvalue weighted by molar-refractivity contribution is 0.0521. The van der Waals surface area contributed by atoms with Crippen LogP contribution in [0, 0.1) is 0 Å². The lowest BCUT2D eigenvalue weighted by Crippen LogP contribution is -2.10. The molecule has 6 heteroatoms. The number of nitrogens with two attached hydrogens (primary N) is 1. The van der Waals surface area contributed by atoms with Crippen molar-refractivity contribution in [3.8, 4) is 0 Å². The average molecular weight is 235 g/mol. The van der Waals surface area contributed by atoms with Gasteiger partial charge in [0, 0.05) is 0 Å². The third kappa shape index (κ3) is 2.27. The van der Waals surface area contributed by atoms with Crippen molar-refractivity contribution in [2.24, 2.45) is 0 Å². The molecule has 0 amide bonds. The molecule has 0 saturated heterocycles. The van der Waals surface area contributed by atoms with Gasteiger partial charge in [0.05, 0.1) is 17.3 Å². The maximum atomic E-state index is 11.3. The second-order valence-corrected chi connectivity index (χ2v) is 3.20. The minimum absolute atomic E-state index is 0.0515. The Balaban J connectivity index is 3.13. The zero-order valence-electron chi connectivity index (χ0n) is 7.38. The molecule has 0 aromatic carbocycles. The molecule has 0 aliphatic rings. The van der Waals surface area contributed by atoms with E-state index in [1.807, 2.05) is 0 Å². The van der Waals surface area contributed by atoms with Crippen molar-refractivity contribution in [1.29, 1.82) is 0 Å². The summed E-state index contributed by atoms with van der Waals surface area (Å²) in [6, 6.07) is 1.36. The Kier molecular flexibility index (Phi) is 3.55. The molecule has 0 aliphatic heterocycles. The van der Waals surface area contributed by atoms with E-state index in [4.69, 9.17) is 33.7 Å². The van der Waals surface area contributed by atoms with E-state index in [0.29, 0.717) is 0 Å². The second kappa shape index (κ2) is 4.48. The topological polar surface area (TPSA) is 65.2 Å². The number of halogens is 2. The fourth-order valence-electron chi connectivity index (χ4n) is 0.850. The number of carbonyl (C=O) groups is 1. The molecule has 1 aromatic heterocycles. The van der Waals surface area contributed by atoms with Gasteiger partial charge in [0.1, 0.15) is 5.15 Å². The lowest BCUT2D eigenvalue weighted by Gasteiger charge is -2.05. The number of ether oxygens (including phenoxy) is 1. The number of hydrogen-bond donors (Lipinski definition) is 1. The minimum Gasteiger partial charge on any atom is -0.461 e. The third-order valence-electron chi connectivity index (χ3n) is 1.45. The zero-order valence-corrected chi connectivity index (χ0v) is 8.89. The number of nitrogen functional groups attached to an aromatic ring is 1. The van der Waals surface area contributed by atoms with Crippen molar-refractivity contribution in [2.75, 3.05) is 12.3 Å². The SMILES string of the molecule is CCOC(=O)c1nc(Cl)cc(Cl)c1N. The number of hydrogen-bond acceptors (Lipinski definition) is 4. The molecule has 0 atom stereocenters. The molecule has 0 saturated carbocycles. The molecule has 14 heavy (non-hydrogen) atoms. The van der Waals surface area contributed by atoms with Crippen LogP contribution in [0.15, 0.2) is 6.07 Å². The number of carbonyl (C=O) groups excluding carboxylic acids is 1. The summed E-state index contributed by atoms with van der Waals surface area (Å²) in [6.45, 7) is 1.92. The van der Waals surface area contributed by atoms with Gasteiger partial charge in [-0.2, -0.15) is 0 Å². The Hall–Kier alpha value is -1.00. The second-order valence-electron chi connectivity index (χ2n) is 2.41. The van der Waals surface area contributed by atoms with Gasteiger partial charge in [0.2, 0.25) is 0 Å². The maximum absolute atomic E-state index is 11.3. The molecule has 0 spiro atoms. The number of anilines is 1. The zero-order chi connectivity index (χ0) is 10.7. The van der Waals surface area contributed by atoms with Crippen LogP contribution in [-0.2, 0) is 4.74 Å². The van der Waals surface area contributed by atoms with Crippen molar-refractivity contribution in [3.05, 3.63) is 21.9 Å². The predicted octanol–water partition coefficient (Wildman–Crippen LogP) is 2.15. The summed E-state index contributed by atoms with van der Waals surface area (Å²) in [4.78, 5) is 15.0. The number of esters is 1. The fraction of sp³-hybridized carbons (Fsp3) is 0.250. The van der Waals surface area contributed by atoms with E-state index in [1.165, 1.54) is 6.07 Å². The number of aromatic nitrogens is 1. The Morgan fingerprint density at radius 2 is 2.29 bits per heavy atom. The van der Waals surface area contributed by atoms with Gasteiger partial charge in [0.25, 0.3) is 0 Å². The van der Waals surface area contributed by atoms with E-state index >= 15 is 0 Å². The molecule has 0 unspecified atom stereocenters. The first-order valence-corrected chi connectivity index (χ1v) is 4.60. The van der Waals surface area contributed by atoms with Crippen LogP contribution in [0.1, 0.15) is 17.4 Å². The van der Waals surface area contributed by atoms with Gasteiger partial charge in [-0.15, -0.1) is 0 Å². The van der Waals surface area contributed by atoms with Crippen LogP contribution < -0.4 is 5.73 Å². The Bertz CT molecular complexity index is 369. The quantitative estimate of drug-likeness (QED) is 0.630. The number of nitrogens with zero attached hydrogens (tertiary/aromatic N) is 1. The van der Waals surface area contributed by atoms with E-state index in [9.17, 15) is 4.79 Å². The largest absolute Gasteiger partial charge is 0.461 e. The van der Waals surface area contributed by atoms with E-state index < -0.39 is 5.97 Å².